The summed E-state index contributed by atoms with van der Waals surface area (Å²) >= 11 is 0. The average Bonchev–Trinajstić information content (AvgIpc) is 2.83. The number of carbonyl (C=O) groups is 1. The molecule has 1 amide bonds. The van der Waals surface area contributed by atoms with Crippen LogP contribution in [0.4, 0.5) is 0 Å². The molecule has 0 saturated carbocycles. The number of nitrogens with one attached hydrogen (secondary N) is 3. The summed E-state index contributed by atoms with van der Waals surface area (Å²) in [6.07, 6.45) is 3.44. The third-order valence-electron chi connectivity index (χ3n) is 6.11. The lowest BCUT2D eigenvalue weighted by Gasteiger charge is -2.30. The number of carbonyl (C=O) groups excluding carboxylic acids is 1. The molecule has 0 radical (unpaired) electrons. The average molecular weight is 564 g/mol. The molecule has 3 rings (SSSR count). The monoisotopic (exact) mass is 563 g/mol. The largest absolute Gasteiger partial charge is 0.356 e. The number of amides is 1. The highest BCUT2D eigenvalue weighted by atomic mass is 127. The highest BCUT2D eigenvalue weighted by Crippen LogP contribution is 2.18. The van der Waals surface area contributed by atoms with E-state index in [2.05, 4.69) is 57.0 Å². The highest BCUT2D eigenvalue weighted by molar-refractivity contribution is 14.0. The summed E-state index contributed by atoms with van der Waals surface area (Å²) in [5.74, 6) is 1.59. The third kappa shape index (κ3) is 8.97. The number of halogens is 1. The van der Waals surface area contributed by atoms with E-state index in [-0.39, 0.29) is 29.9 Å². The van der Waals surface area contributed by atoms with Crippen molar-refractivity contribution in [2.45, 2.75) is 39.3 Å². The zero-order valence-corrected chi connectivity index (χ0v) is 22.4. The lowest BCUT2D eigenvalue weighted by molar-refractivity contribution is 0.0963. The number of hydrogen-bond donors (Lipinski definition) is 3. The van der Waals surface area contributed by atoms with Gasteiger partial charge in [0.15, 0.2) is 5.96 Å². The first kappa shape index (κ1) is 27.1. The molecule has 3 N–H and O–H groups in total. The molecule has 33 heavy (non-hydrogen) atoms. The van der Waals surface area contributed by atoms with E-state index in [4.69, 9.17) is 0 Å². The summed E-state index contributed by atoms with van der Waals surface area (Å²) in [5.41, 5.74) is 4.42. The Morgan fingerprint density at radius 2 is 1.73 bits per heavy atom. The SMILES string of the molecule is CN=C(NCCc1cccc(C(=O)NC)c1)NCc1ccc(CN2CCC(C)CC2)cc1.I. The van der Waals surface area contributed by atoms with Crippen LogP contribution in [0.1, 0.15) is 46.8 Å². The Morgan fingerprint density at radius 1 is 1.03 bits per heavy atom. The van der Waals surface area contributed by atoms with E-state index >= 15 is 0 Å². The molecule has 0 aliphatic carbocycles. The molecule has 0 atom stereocenters. The van der Waals surface area contributed by atoms with Gasteiger partial charge in [-0.15, -0.1) is 24.0 Å². The van der Waals surface area contributed by atoms with Gasteiger partial charge in [0.2, 0.25) is 0 Å². The number of nitrogens with zero attached hydrogens (tertiary/aromatic N) is 2. The van der Waals surface area contributed by atoms with Crippen molar-refractivity contribution in [3.63, 3.8) is 0 Å². The Kier molecular flexibility index (Phi) is 11.7. The first-order valence-electron chi connectivity index (χ1n) is 11.6. The number of guanidine groups is 1. The zero-order valence-electron chi connectivity index (χ0n) is 20.1. The van der Waals surface area contributed by atoms with Crippen molar-refractivity contribution < 1.29 is 4.79 Å². The van der Waals surface area contributed by atoms with Crippen LogP contribution < -0.4 is 16.0 Å². The van der Waals surface area contributed by atoms with Gasteiger partial charge < -0.3 is 16.0 Å². The number of benzene rings is 2. The number of piperidine rings is 1. The van der Waals surface area contributed by atoms with Crippen LogP contribution in [0, 0.1) is 5.92 Å². The van der Waals surface area contributed by atoms with E-state index < -0.39 is 0 Å². The van der Waals surface area contributed by atoms with Gasteiger partial charge in [-0.1, -0.05) is 43.3 Å². The molecule has 2 aromatic carbocycles. The Labute approximate surface area is 215 Å². The molecule has 1 aliphatic rings. The van der Waals surface area contributed by atoms with E-state index in [1.807, 2.05) is 24.3 Å². The molecule has 1 fully saturated rings. The van der Waals surface area contributed by atoms with Gasteiger partial charge in [-0.25, -0.2) is 0 Å². The second kappa shape index (κ2) is 14.2. The van der Waals surface area contributed by atoms with Crippen molar-refractivity contribution in [1.29, 1.82) is 0 Å². The minimum atomic E-state index is -0.0613. The normalized spacial score (nSPS) is 14.9. The van der Waals surface area contributed by atoms with Gasteiger partial charge in [0.05, 0.1) is 0 Å². The molecule has 1 aliphatic heterocycles. The molecular formula is C26H38IN5O. The fourth-order valence-corrected chi connectivity index (χ4v) is 3.98. The topological polar surface area (TPSA) is 68.8 Å². The first-order chi connectivity index (χ1) is 15.6. The van der Waals surface area contributed by atoms with Crippen molar-refractivity contribution >= 4 is 35.8 Å². The summed E-state index contributed by atoms with van der Waals surface area (Å²) in [4.78, 5) is 18.7. The lowest BCUT2D eigenvalue weighted by Crippen LogP contribution is -2.37. The van der Waals surface area contributed by atoms with Gasteiger partial charge in [0.25, 0.3) is 5.91 Å². The first-order valence-corrected chi connectivity index (χ1v) is 11.6. The van der Waals surface area contributed by atoms with Crippen LogP contribution in [-0.4, -0.2) is 50.5 Å². The minimum Gasteiger partial charge on any atom is -0.356 e. The molecule has 0 bridgehead atoms. The van der Waals surface area contributed by atoms with Gasteiger partial charge in [0.1, 0.15) is 0 Å². The molecule has 0 spiro atoms. The van der Waals surface area contributed by atoms with Crippen molar-refractivity contribution in [3.8, 4) is 0 Å². The molecule has 0 unspecified atom stereocenters. The van der Waals surface area contributed by atoms with E-state index in [0.29, 0.717) is 5.56 Å². The van der Waals surface area contributed by atoms with E-state index in [0.717, 1.165) is 43.5 Å². The number of likely N-dealkylation sites (tertiary alicyclic amines) is 1. The summed E-state index contributed by atoms with van der Waals surface area (Å²) in [6.45, 7) is 7.29. The number of rotatable bonds is 8. The molecule has 7 heteroatoms. The van der Waals surface area contributed by atoms with Gasteiger partial charge in [-0.2, -0.15) is 0 Å². The summed E-state index contributed by atoms with van der Waals surface area (Å²) < 4.78 is 0. The van der Waals surface area contributed by atoms with Gasteiger partial charge in [-0.3, -0.25) is 14.7 Å². The van der Waals surface area contributed by atoms with E-state index in [1.54, 1.807) is 14.1 Å². The summed E-state index contributed by atoms with van der Waals surface area (Å²) in [6, 6.07) is 16.6. The number of aliphatic imine (C=N–C) groups is 1. The van der Waals surface area contributed by atoms with Crippen molar-refractivity contribution in [3.05, 3.63) is 70.8 Å². The second-order valence-corrected chi connectivity index (χ2v) is 8.66. The molecule has 2 aromatic rings. The zero-order chi connectivity index (χ0) is 22.8. The van der Waals surface area contributed by atoms with E-state index in [1.165, 1.54) is 37.1 Å². The summed E-state index contributed by atoms with van der Waals surface area (Å²) in [5, 5.41) is 9.40. The Balaban J connectivity index is 0.00000385. The molecule has 1 saturated heterocycles. The summed E-state index contributed by atoms with van der Waals surface area (Å²) in [7, 11) is 3.43. The molecular weight excluding hydrogens is 525 g/mol. The van der Waals surface area contributed by atoms with E-state index in [9.17, 15) is 4.79 Å². The van der Waals surface area contributed by atoms with Crippen molar-refractivity contribution in [2.75, 3.05) is 33.7 Å². The fraction of sp³-hybridized carbons (Fsp3) is 0.462. The fourth-order valence-electron chi connectivity index (χ4n) is 3.98. The quantitative estimate of drug-likeness (QED) is 0.260. The maximum absolute atomic E-state index is 11.8. The minimum absolute atomic E-state index is 0. The maximum atomic E-state index is 11.8. The van der Waals surface area contributed by atoms with Crippen LogP contribution in [0.15, 0.2) is 53.5 Å². The molecule has 6 nitrogen and oxygen atoms in total. The van der Waals surface area contributed by atoms with Crippen LogP contribution >= 0.6 is 24.0 Å². The highest BCUT2D eigenvalue weighted by Gasteiger charge is 2.15. The van der Waals surface area contributed by atoms with Crippen molar-refractivity contribution in [2.24, 2.45) is 10.9 Å². The molecule has 0 aromatic heterocycles. The Morgan fingerprint density at radius 3 is 2.39 bits per heavy atom. The number of hydrogen-bond acceptors (Lipinski definition) is 3. The maximum Gasteiger partial charge on any atom is 0.251 e. The van der Waals surface area contributed by atoms with Crippen LogP contribution in [0.3, 0.4) is 0 Å². The third-order valence-corrected chi connectivity index (χ3v) is 6.11. The van der Waals surface area contributed by atoms with Crippen molar-refractivity contribution in [1.82, 2.24) is 20.9 Å². The van der Waals surface area contributed by atoms with Crippen LogP contribution in [0.5, 0.6) is 0 Å². The Hall–Kier alpha value is -2.13. The second-order valence-electron chi connectivity index (χ2n) is 8.66. The smallest absolute Gasteiger partial charge is 0.251 e. The standard InChI is InChI=1S/C26H37N5O.HI/c1-20-12-15-31(16-13-20)19-23-9-7-22(8-10-23)18-30-26(28-3)29-14-11-21-5-4-6-24(17-21)25(32)27-2;/h4-10,17,20H,11-16,18-19H2,1-3H3,(H,27,32)(H2,28,29,30);1H. The predicted molar refractivity (Wildman–Crippen MR) is 147 cm³/mol. The van der Waals surface area contributed by atoms with Gasteiger partial charge >= 0.3 is 0 Å². The molecule has 1 heterocycles. The molecule has 180 valence electrons. The Bertz CT molecular complexity index is 892. The lowest BCUT2D eigenvalue weighted by atomic mass is 9.99. The van der Waals surface area contributed by atoms with Crippen LogP contribution in [0.25, 0.3) is 0 Å². The van der Waals surface area contributed by atoms with Gasteiger partial charge in [-0.05, 0) is 67.1 Å². The van der Waals surface area contributed by atoms with Crippen LogP contribution in [-0.2, 0) is 19.5 Å². The van der Waals surface area contributed by atoms with Crippen LogP contribution in [0.2, 0.25) is 0 Å². The van der Waals surface area contributed by atoms with Gasteiger partial charge in [0, 0.05) is 39.3 Å². The predicted octanol–water partition coefficient (Wildman–Crippen LogP) is 3.80.